The monoisotopic (exact) mass is 343 g/mol. The lowest BCUT2D eigenvalue weighted by Gasteiger charge is -2.15. The van der Waals surface area contributed by atoms with Crippen molar-refractivity contribution in [2.45, 2.75) is 6.04 Å². The first kappa shape index (κ1) is 11.9. The first-order valence-electron chi connectivity index (χ1n) is 4.86. The molecule has 1 heterocycles. The smallest absolute Gasteiger partial charge is 0.0953 e. The molecule has 0 bridgehead atoms. The standard InChI is InChI=1S/C12H11Br2NO/c1-15-12(8-2-3-16-7-8)9-4-10(13)6-11(14)5-9/h2-7,12,15H,1H3. The highest BCUT2D eigenvalue weighted by atomic mass is 79.9. The van der Waals surface area contributed by atoms with Crippen molar-refractivity contribution in [3.63, 3.8) is 0 Å². The van der Waals surface area contributed by atoms with Crippen LogP contribution in [0.1, 0.15) is 17.2 Å². The molecule has 1 aromatic carbocycles. The van der Waals surface area contributed by atoms with Gasteiger partial charge in [0.25, 0.3) is 0 Å². The normalized spacial score (nSPS) is 12.7. The SMILES string of the molecule is CNC(c1ccoc1)c1cc(Br)cc(Br)c1. The first-order valence-corrected chi connectivity index (χ1v) is 6.44. The Hall–Kier alpha value is -0.580. The summed E-state index contributed by atoms with van der Waals surface area (Å²) in [5.41, 5.74) is 2.30. The second-order valence-corrected chi connectivity index (χ2v) is 5.31. The molecule has 2 aromatic rings. The van der Waals surface area contributed by atoms with Crippen LogP contribution in [-0.2, 0) is 0 Å². The van der Waals surface area contributed by atoms with Gasteiger partial charge in [-0.05, 0) is 36.9 Å². The number of furan rings is 1. The summed E-state index contributed by atoms with van der Waals surface area (Å²) in [4.78, 5) is 0. The molecule has 0 aliphatic rings. The molecule has 0 fully saturated rings. The van der Waals surface area contributed by atoms with Gasteiger partial charge >= 0.3 is 0 Å². The zero-order valence-electron chi connectivity index (χ0n) is 8.71. The maximum Gasteiger partial charge on any atom is 0.0953 e. The van der Waals surface area contributed by atoms with Crippen LogP contribution in [0.3, 0.4) is 0 Å². The maximum atomic E-state index is 5.12. The van der Waals surface area contributed by atoms with Crippen LogP contribution in [0, 0.1) is 0 Å². The second kappa shape index (κ2) is 5.17. The Morgan fingerprint density at radius 1 is 1.12 bits per heavy atom. The van der Waals surface area contributed by atoms with Gasteiger partial charge in [-0.25, -0.2) is 0 Å². The van der Waals surface area contributed by atoms with Gasteiger partial charge in [-0.2, -0.15) is 0 Å². The van der Waals surface area contributed by atoms with E-state index in [1.165, 1.54) is 5.56 Å². The quantitative estimate of drug-likeness (QED) is 0.906. The minimum absolute atomic E-state index is 0.146. The predicted octanol–water partition coefficient (Wildman–Crippen LogP) is 4.11. The fourth-order valence-corrected chi connectivity index (χ4v) is 3.04. The topological polar surface area (TPSA) is 25.2 Å². The third-order valence-electron chi connectivity index (χ3n) is 2.38. The van der Waals surface area contributed by atoms with Crippen LogP contribution in [0.4, 0.5) is 0 Å². The third-order valence-corrected chi connectivity index (χ3v) is 3.30. The van der Waals surface area contributed by atoms with Crippen LogP contribution in [-0.4, -0.2) is 7.05 Å². The van der Waals surface area contributed by atoms with Gasteiger partial charge in [0.05, 0.1) is 18.6 Å². The molecule has 1 aromatic heterocycles. The maximum absolute atomic E-state index is 5.12. The number of nitrogens with one attached hydrogen (secondary N) is 1. The van der Waals surface area contributed by atoms with Crippen LogP contribution >= 0.6 is 31.9 Å². The fraction of sp³-hybridized carbons (Fsp3) is 0.167. The molecule has 0 radical (unpaired) electrons. The van der Waals surface area contributed by atoms with Crippen LogP contribution in [0.25, 0.3) is 0 Å². The summed E-state index contributed by atoms with van der Waals surface area (Å²) in [6.45, 7) is 0. The van der Waals surface area contributed by atoms with Gasteiger partial charge in [0, 0.05) is 14.5 Å². The van der Waals surface area contributed by atoms with E-state index in [1.54, 1.807) is 12.5 Å². The van der Waals surface area contributed by atoms with Crippen molar-refractivity contribution in [1.29, 1.82) is 0 Å². The molecule has 0 saturated carbocycles. The Labute approximate surface area is 111 Å². The number of benzene rings is 1. The molecule has 2 rings (SSSR count). The van der Waals surface area contributed by atoms with Crippen molar-refractivity contribution in [1.82, 2.24) is 5.32 Å². The predicted molar refractivity (Wildman–Crippen MR) is 71.5 cm³/mol. The van der Waals surface area contributed by atoms with Gasteiger partial charge in [-0.3, -0.25) is 0 Å². The van der Waals surface area contributed by atoms with E-state index in [-0.39, 0.29) is 6.04 Å². The molecule has 1 N–H and O–H groups in total. The van der Waals surface area contributed by atoms with Crippen molar-refractivity contribution in [3.8, 4) is 0 Å². The summed E-state index contributed by atoms with van der Waals surface area (Å²) in [6.07, 6.45) is 3.45. The highest BCUT2D eigenvalue weighted by Crippen LogP contribution is 2.28. The van der Waals surface area contributed by atoms with Crippen LogP contribution in [0.15, 0.2) is 50.2 Å². The van der Waals surface area contributed by atoms with Crippen LogP contribution in [0.5, 0.6) is 0 Å². The molecule has 4 heteroatoms. The van der Waals surface area contributed by atoms with Crippen molar-refractivity contribution in [2.24, 2.45) is 0 Å². The van der Waals surface area contributed by atoms with E-state index in [4.69, 9.17) is 4.42 Å². The number of hydrogen-bond donors (Lipinski definition) is 1. The lowest BCUT2D eigenvalue weighted by Crippen LogP contribution is -2.16. The summed E-state index contributed by atoms with van der Waals surface area (Å²) in [5, 5.41) is 3.27. The Morgan fingerprint density at radius 2 is 1.81 bits per heavy atom. The van der Waals surface area contributed by atoms with Crippen LogP contribution in [0.2, 0.25) is 0 Å². The molecule has 0 spiro atoms. The number of halogens is 2. The number of rotatable bonds is 3. The van der Waals surface area contributed by atoms with Gasteiger partial charge < -0.3 is 9.73 Å². The fourth-order valence-electron chi connectivity index (χ4n) is 1.71. The van der Waals surface area contributed by atoms with Crippen molar-refractivity contribution in [3.05, 3.63) is 56.9 Å². The van der Waals surface area contributed by atoms with E-state index < -0.39 is 0 Å². The van der Waals surface area contributed by atoms with Gasteiger partial charge in [0.15, 0.2) is 0 Å². The Kier molecular flexibility index (Phi) is 3.84. The average Bonchev–Trinajstić information content (AvgIpc) is 2.70. The van der Waals surface area contributed by atoms with Crippen molar-refractivity contribution in [2.75, 3.05) is 7.05 Å². The van der Waals surface area contributed by atoms with Crippen molar-refractivity contribution >= 4 is 31.9 Å². The van der Waals surface area contributed by atoms with E-state index in [0.29, 0.717) is 0 Å². The molecule has 16 heavy (non-hydrogen) atoms. The highest BCUT2D eigenvalue weighted by molar-refractivity contribution is 9.11. The molecular formula is C12H11Br2NO. The Balaban J connectivity index is 2.41. The number of hydrogen-bond acceptors (Lipinski definition) is 2. The Bertz CT molecular complexity index is 448. The highest BCUT2D eigenvalue weighted by Gasteiger charge is 2.13. The summed E-state index contributed by atoms with van der Waals surface area (Å²) >= 11 is 6.99. The van der Waals surface area contributed by atoms with Gasteiger partial charge in [-0.1, -0.05) is 31.9 Å². The lowest BCUT2D eigenvalue weighted by atomic mass is 10.0. The van der Waals surface area contributed by atoms with Gasteiger partial charge in [0.2, 0.25) is 0 Å². The van der Waals surface area contributed by atoms with Gasteiger partial charge in [-0.15, -0.1) is 0 Å². The molecule has 0 amide bonds. The average molecular weight is 345 g/mol. The second-order valence-electron chi connectivity index (χ2n) is 3.48. The molecule has 84 valence electrons. The summed E-state index contributed by atoms with van der Waals surface area (Å²) in [6, 6.07) is 8.33. The van der Waals surface area contributed by atoms with E-state index in [2.05, 4.69) is 49.3 Å². The third kappa shape index (κ3) is 2.56. The van der Waals surface area contributed by atoms with Crippen molar-refractivity contribution < 1.29 is 4.42 Å². The van der Waals surface area contributed by atoms with E-state index in [1.807, 2.05) is 19.2 Å². The summed E-state index contributed by atoms with van der Waals surface area (Å²) < 4.78 is 7.23. The lowest BCUT2D eigenvalue weighted by molar-refractivity contribution is 0.557. The largest absolute Gasteiger partial charge is 0.472 e. The van der Waals surface area contributed by atoms with E-state index >= 15 is 0 Å². The molecule has 1 unspecified atom stereocenters. The Morgan fingerprint density at radius 3 is 2.31 bits per heavy atom. The molecule has 0 saturated heterocycles. The molecule has 0 aliphatic carbocycles. The zero-order valence-corrected chi connectivity index (χ0v) is 11.9. The molecular weight excluding hydrogens is 334 g/mol. The van der Waals surface area contributed by atoms with E-state index in [9.17, 15) is 0 Å². The minimum Gasteiger partial charge on any atom is -0.472 e. The zero-order chi connectivity index (χ0) is 11.5. The van der Waals surface area contributed by atoms with Gasteiger partial charge in [0.1, 0.15) is 0 Å². The first-order chi connectivity index (χ1) is 7.70. The molecule has 1 atom stereocenters. The van der Waals surface area contributed by atoms with E-state index in [0.717, 1.165) is 14.5 Å². The molecule has 0 aliphatic heterocycles. The van der Waals surface area contributed by atoms with Crippen LogP contribution < -0.4 is 5.32 Å². The summed E-state index contributed by atoms with van der Waals surface area (Å²) in [7, 11) is 1.94. The molecule has 2 nitrogen and oxygen atoms in total. The summed E-state index contributed by atoms with van der Waals surface area (Å²) in [5.74, 6) is 0. The minimum atomic E-state index is 0.146.